The Hall–Kier alpha value is -3.96. The lowest BCUT2D eigenvalue weighted by molar-refractivity contribution is -0.130. The molecule has 0 unspecified atom stereocenters. The Morgan fingerprint density at radius 1 is 0.975 bits per heavy atom. The summed E-state index contributed by atoms with van der Waals surface area (Å²) in [7, 11) is 0. The first-order chi connectivity index (χ1) is 19.4. The fraction of sp³-hybridized carbons (Fsp3) is 0.448. The van der Waals surface area contributed by atoms with Crippen molar-refractivity contribution in [1.82, 2.24) is 26.2 Å². The smallest absolute Gasteiger partial charge is 0.255 e. The molecule has 4 N–H and O–H groups in total. The second-order valence-corrected chi connectivity index (χ2v) is 9.93. The van der Waals surface area contributed by atoms with Crippen LogP contribution in [0.5, 0.6) is 5.75 Å². The van der Waals surface area contributed by atoms with Crippen LogP contribution in [-0.2, 0) is 32.2 Å². The van der Waals surface area contributed by atoms with Crippen LogP contribution in [-0.4, -0.2) is 80.1 Å². The summed E-state index contributed by atoms with van der Waals surface area (Å²) in [5.41, 5.74) is 2.31. The molecule has 0 radical (unpaired) electrons. The third-order valence-corrected chi connectivity index (χ3v) is 6.79. The summed E-state index contributed by atoms with van der Waals surface area (Å²) in [5, 5.41) is 10.9. The number of amides is 4. The van der Waals surface area contributed by atoms with E-state index in [1.807, 2.05) is 24.3 Å². The van der Waals surface area contributed by atoms with Crippen LogP contribution in [0.25, 0.3) is 0 Å². The summed E-state index contributed by atoms with van der Waals surface area (Å²) in [6, 6.07) is 12.7. The third-order valence-electron chi connectivity index (χ3n) is 6.79. The maximum absolute atomic E-state index is 13.2. The average molecular weight is 552 g/mol. The molecule has 2 aliphatic rings. The molecular formula is C29H37N5O6. The van der Waals surface area contributed by atoms with Gasteiger partial charge in [0.15, 0.2) is 0 Å². The zero-order chi connectivity index (χ0) is 28.3. The van der Waals surface area contributed by atoms with E-state index >= 15 is 0 Å². The Labute approximate surface area is 234 Å². The lowest BCUT2D eigenvalue weighted by atomic mass is 10.1. The van der Waals surface area contributed by atoms with Crippen LogP contribution in [0.15, 0.2) is 48.5 Å². The highest BCUT2D eigenvalue weighted by Crippen LogP contribution is 2.18. The predicted octanol–water partition coefficient (Wildman–Crippen LogP) is 0.727. The van der Waals surface area contributed by atoms with Crippen LogP contribution in [0.4, 0.5) is 0 Å². The van der Waals surface area contributed by atoms with Gasteiger partial charge in [0.1, 0.15) is 17.8 Å². The fourth-order valence-electron chi connectivity index (χ4n) is 4.49. The maximum atomic E-state index is 13.2. The van der Waals surface area contributed by atoms with Crippen LogP contribution in [0.1, 0.15) is 41.3 Å². The first-order valence-electron chi connectivity index (χ1n) is 13.6. The predicted molar refractivity (Wildman–Crippen MR) is 147 cm³/mol. The molecule has 0 spiro atoms. The zero-order valence-corrected chi connectivity index (χ0v) is 22.7. The van der Waals surface area contributed by atoms with Gasteiger partial charge in [-0.05, 0) is 36.6 Å². The van der Waals surface area contributed by atoms with Gasteiger partial charge < -0.3 is 30.7 Å². The number of carbonyl (C=O) groups excluding carboxylic acids is 4. The molecule has 2 aromatic carbocycles. The van der Waals surface area contributed by atoms with Crippen LogP contribution in [0, 0.1) is 0 Å². The second-order valence-electron chi connectivity index (χ2n) is 9.93. The van der Waals surface area contributed by atoms with Gasteiger partial charge in [-0.3, -0.25) is 24.1 Å². The molecule has 1 fully saturated rings. The average Bonchev–Trinajstić information content (AvgIpc) is 2.96. The number of benzene rings is 2. The highest BCUT2D eigenvalue weighted by Gasteiger charge is 2.27. The second kappa shape index (κ2) is 14.4. The van der Waals surface area contributed by atoms with Gasteiger partial charge in [0.25, 0.3) is 5.91 Å². The summed E-state index contributed by atoms with van der Waals surface area (Å²) in [6.45, 7) is 6.54. The van der Waals surface area contributed by atoms with Crippen molar-refractivity contribution in [2.75, 3.05) is 39.5 Å². The Morgan fingerprint density at radius 2 is 1.70 bits per heavy atom. The Bertz CT molecular complexity index is 1180. The Kier molecular flexibility index (Phi) is 10.5. The van der Waals surface area contributed by atoms with Gasteiger partial charge in [-0.25, -0.2) is 0 Å². The minimum Gasteiger partial charge on any atom is -0.493 e. The lowest BCUT2D eigenvalue weighted by Crippen LogP contribution is -2.51. The van der Waals surface area contributed by atoms with Gasteiger partial charge in [-0.15, -0.1) is 0 Å². The van der Waals surface area contributed by atoms with Crippen LogP contribution < -0.4 is 26.0 Å². The third kappa shape index (κ3) is 8.52. The van der Waals surface area contributed by atoms with Crippen LogP contribution in [0.3, 0.4) is 0 Å². The molecule has 2 atom stereocenters. The molecule has 0 aromatic heterocycles. The minimum absolute atomic E-state index is 0.225. The highest BCUT2D eigenvalue weighted by molar-refractivity contribution is 6.01. The monoisotopic (exact) mass is 551 g/mol. The first kappa shape index (κ1) is 29.0. The molecule has 2 aromatic rings. The maximum Gasteiger partial charge on any atom is 0.255 e. The van der Waals surface area contributed by atoms with E-state index in [4.69, 9.17) is 9.47 Å². The van der Waals surface area contributed by atoms with E-state index in [-0.39, 0.29) is 31.0 Å². The van der Waals surface area contributed by atoms with E-state index in [9.17, 15) is 19.2 Å². The lowest BCUT2D eigenvalue weighted by Gasteiger charge is -2.26. The van der Waals surface area contributed by atoms with Crippen molar-refractivity contribution >= 4 is 23.6 Å². The SMILES string of the molecule is C[C@@H]1NC(=O)C[C@@H](C(=O)NCc2ccc(CN3CCOCC3)cc2)NC(=O)c2ccccc2OCCCNC1=O. The molecular weight excluding hydrogens is 514 g/mol. The van der Waals surface area contributed by atoms with Crippen molar-refractivity contribution in [3.05, 3.63) is 65.2 Å². The van der Waals surface area contributed by atoms with Gasteiger partial charge in [0.2, 0.25) is 17.7 Å². The molecule has 2 heterocycles. The summed E-state index contributed by atoms with van der Waals surface area (Å²) in [5.74, 6) is -1.56. The van der Waals surface area contributed by atoms with Crippen molar-refractivity contribution in [2.45, 2.75) is 44.9 Å². The molecule has 40 heavy (non-hydrogen) atoms. The minimum atomic E-state index is -1.17. The molecule has 0 bridgehead atoms. The number of rotatable bonds is 5. The number of fused-ring (bicyclic) bond motifs is 1. The van der Waals surface area contributed by atoms with E-state index in [0.717, 1.165) is 38.4 Å². The van der Waals surface area contributed by atoms with Gasteiger partial charge >= 0.3 is 0 Å². The molecule has 4 amide bonds. The van der Waals surface area contributed by atoms with Crippen molar-refractivity contribution in [2.24, 2.45) is 0 Å². The van der Waals surface area contributed by atoms with Crippen LogP contribution in [0.2, 0.25) is 0 Å². The number of nitrogens with one attached hydrogen (secondary N) is 4. The van der Waals surface area contributed by atoms with E-state index in [2.05, 4.69) is 26.2 Å². The molecule has 0 saturated carbocycles. The Morgan fingerprint density at radius 3 is 2.48 bits per heavy atom. The van der Waals surface area contributed by atoms with Gasteiger partial charge in [-0.2, -0.15) is 0 Å². The molecule has 2 aliphatic heterocycles. The zero-order valence-electron chi connectivity index (χ0n) is 22.7. The topological polar surface area (TPSA) is 138 Å². The largest absolute Gasteiger partial charge is 0.493 e. The highest BCUT2D eigenvalue weighted by atomic mass is 16.5. The summed E-state index contributed by atoms with van der Waals surface area (Å²) < 4.78 is 11.2. The van der Waals surface area contributed by atoms with Crippen molar-refractivity contribution in [1.29, 1.82) is 0 Å². The Balaban J connectivity index is 1.43. The number of hydrogen-bond acceptors (Lipinski definition) is 7. The summed E-state index contributed by atoms with van der Waals surface area (Å²) >= 11 is 0. The normalized spacial score (nSPS) is 21.4. The van der Waals surface area contributed by atoms with E-state index in [0.29, 0.717) is 18.7 Å². The summed E-state index contributed by atoms with van der Waals surface area (Å²) in [4.78, 5) is 53.8. The van der Waals surface area contributed by atoms with Crippen molar-refractivity contribution < 1.29 is 28.7 Å². The van der Waals surface area contributed by atoms with Crippen molar-refractivity contribution in [3.8, 4) is 5.75 Å². The van der Waals surface area contributed by atoms with E-state index in [1.165, 1.54) is 5.56 Å². The number of para-hydroxylation sites is 1. The number of nitrogens with zero attached hydrogens (tertiary/aromatic N) is 1. The fourth-order valence-corrected chi connectivity index (χ4v) is 4.49. The molecule has 4 rings (SSSR count). The first-order valence-corrected chi connectivity index (χ1v) is 13.6. The summed E-state index contributed by atoms with van der Waals surface area (Å²) in [6.07, 6.45) is 0.179. The number of carbonyl (C=O) groups is 4. The van der Waals surface area contributed by atoms with E-state index in [1.54, 1.807) is 31.2 Å². The number of morpholine rings is 1. The molecule has 1 saturated heterocycles. The van der Waals surface area contributed by atoms with Gasteiger partial charge in [-0.1, -0.05) is 36.4 Å². The molecule has 0 aliphatic carbocycles. The molecule has 11 nitrogen and oxygen atoms in total. The standard InChI is InChI=1S/C29H37N5O6/c1-20-27(36)30-11-4-14-40-25-6-3-2-5-23(25)28(37)33-24(17-26(35)32-20)29(38)31-18-21-7-9-22(10-8-21)19-34-12-15-39-16-13-34/h2-3,5-10,20,24H,4,11-19H2,1H3,(H,30,36)(H,31,38)(H,32,35)(H,33,37)/t20-,24-/m0/s1. The number of hydrogen-bond donors (Lipinski definition) is 4. The molecule has 11 heteroatoms. The molecule has 214 valence electrons. The van der Waals surface area contributed by atoms with Gasteiger partial charge in [0, 0.05) is 32.7 Å². The van der Waals surface area contributed by atoms with E-state index < -0.39 is 29.8 Å². The quantitative estimate of drug-likeness (QED) is 0.430. The van der Waals surface area contributed by atoms with Crippen molar-refractivity contribution in [3.63, 3.8) is 0 Å². The van der Waals surface area contributed by atoms with Gasteiger partial charge in [0.05, 0.1) is 31.8 Å². The van der Waals surface area contributed by atoms with Crippen LogP contribution >= 0.6 is 0 Å². The number of ether oxygens (including phenoxy) is 2.